The Balaban J connectivity index is 0.00000162. The number of hydrogen-bond donors (Lipinski definition) is 2. The molecule has 3 unspecified atom stereocenters. The lowest BCUT2D eigenvalue weighted by Crippen LogP contribution is -2.40. The first-order valence-corrected chi connectivity index (χ1v) is 6.87. The van der Waals surface area contributed by atoms with E-state index in [1.54, 1.807) is 0 Å². The van der Waals surface area contributed by atoms with E-state index in [0.29, 0.717) is 12.3 Å². The first kappa shape index (κ1) is 15.7. The van der Waals surface area contributed by atoms with Crippen LogP contribution < -0.4 is 10.6 Å². The quantitative estimate of drug-likeness (QED) is 0.800. The molecule has 0 radical (unpaired) electrons. The highest BCUT2D eigenvalue weighted by Crippen LogP contribution is 2.17. The molecule has 2 aliphatic heterocycles. The summed E-state index contributed by atoms with van der Waals surface area (Å²) < 4.78 is 5.57. The number of rotatable bonds is 5. The highest BCUT2D eigenvalue weighted by Gasteiger charge is 2.24. The largest absolute Gasteiger partial charge is 0.376 e. The fourth-order valence-corrected chi connectivity index (χ4v) is 2.71. The predicted octanol–water partition coefficient (Wildman–Crippen LogP) is 1.48. The Morgan fingerprint density at radius 2 is 2.33 bits per heavy atom. The molecule has 1 amide bonds. The van der Waals surface area contributed by atoms with Crippen molar-refractivity contribution in [3.05, 3.63) is 0 Å². The van der Waals surface area contributed by atoms with Crippen LogP contribution in [-0.2, 0) is 9.53 Å². The Bertz CT molecular complexity index is 251. The third-order valence-corrected chi connectivity index (χ3v) is 3.85. The van der Waals surface area contributed by atoms with Crippen molar-refractivity contribution in [1.82, 2.24) is 10.6 Å². The third-order valence-electron chi connectivity index (χ3n) is 3.85. The second-order valence-corrected chi connectivity index (χ2v) is 5.31. The van der Waals surface area contributed by atoms with Crippen molar-refractivity contribution in [2.24, 2.45) is 5.92 Å². The van der Waals surface area contributed by atoms with Gasteiger partial charge in [0.2, 0.25) is 5.91 Å². The summed E-state index contributed by atoms with van der Waals surface area (Å²) in [5.41, 5.74) is 0. The lowest BCUT2D eigenvalue weighted by molar-refractivity contribution is -0.122. The zero-order valence-corrected chi connectivity index (χ0v) is 11.9. The zero-order chi connectivity index (χ0) is 12.1. The van der Waals surface area contributed by atoms with E-state index in [4.69, 9.17) is 4.74 Å². The lowest BCUT2D eigenvalue weighted by atomic mass is 10.0. The molecule has 0 saturated carbocycles. The summed E-state index contributed by atoms with van der Waals surface area (Å²) in [6.45, 7) is 5.08. The standard InChI is InChI=1S/C13H24N2O2.ClH/c1-10(12-3-2-8-17-12)15-13(16)5-4-11-6-7-14-9-11;/h10-12,14H,2-9H2,1H3,(H,15,16);1H. The Labute approximate surface area is 116 Å². The monoisotopic (exact) mass is 276 g/mol. The van der Waals surface area contributed by atoms with Gasteiger partial charge < -0.3 is 15.4 Å². The van der Waals surface area contributed by atoms with E-state index in [9.17, 15) is 4.79 Å². The number of carbonyl (C=O) groups excluding carboxylic acids is 1. The van der Waals surface area contributed by atoms with Gasteiger partial charge in [-0.2, -0.15) is 0 Å². The molecule has 0 aromatic carbocycles. The second kappa shape index (κ2) is 7.97. The second-order valence-electron chi connectivity index (χ2n) is 5.31. The number of halogens is 1. The Hall–Kier alpha value is -0.320. The van der Waals surface area contributed by atoms with E-state index < -0.39 is 0 Å². The molecule has 2 heterocycles. The highest BCUT2D eigenvalue weighted by molar-refractivity contribution is 5.85. The van der Waals surface area contributed by atoms with Crippen molar-refractivity contribution in [3.63, 3.8) is 0 Å². The number of ether oxygens (including phenoxy) is 1. The number of carbonyl (C=O) groups is 1. The van der Waals surface area contributed by atoms with Crippen molar-refractivity contribution >= 4 is 18.3 Å². The summed E-state index contributed by atoms with van der Waals surface area (Å²) in [5, 5.41) is 6.39. The van der Waals surface area contributed by atoms with Crippen LogP contribution in [0.1, 0.15) is 39.0 Å². The van der Waals surface area contributed by atoms with Crippen molar-refractivity contribution in [2.45, 2.75) is 51.2 Å². The van der Waals surface area contributed by atoms with Crippen molar-refractivity contribution < 1.29 is 9.53 Å². The van der Waals surface area contributed by atoms with Crippen LogP contribution in [0.2, 0.25) is 0 Å². The van der Waals surface area contributed by atoms with Crippen LogP contribution in [0.15, 0.2) is 0 Å². The Morgan fingerprint density at radius 1 is 1.50 bits per heavy atom. The smallest absolute Gasteiger partial charge is 0.220 e. The maximum Gasteiger partial charge on any atom is 0.220 e. The van der Waals surface area contributed by atoms with Crippen LogP contribution in [0, 0.1) is 5.92 Å². The zero-order valence-electron chi connectivity index (χ0n) is 11.1. The molecule has 2 saturated heterocycles. The molecule has 3 atom stereocenters. The van der Waals surface area contributed by atoms with Crippen LogP contribution in [0.25, 0.3) is 0 Å². The van der Waals surface area contributed by atoms with Gasteiger partial charge in [0.1, 0.15) is 0 Å². The van der Waals surface area contributed by atoms with Gasteiger partial charge in [0, 0.05) is 13.0 Å². The van der Waals surface area contributed by atoms with Crippen LogP contribution in [0.5, 0.6) is 0 Å². The topological polar surface area (TPSA) is 50.4 Å². The SMILES string of the molecule is CC(NC(=O)CCC1CCNC1)C1CCCO1.Cl. The van der Waals surface area contributed by atoms with Crippen molar-refractivity contribution in [2.75, 3.05) is 19.7 Å². The van der Waals surface area contributed by atoms with Gasteiger partial charge >= 0.3 is 0 Å². The molecule has 2 aliphatic rings. The van der Waals surface area contributed by atoms with E-state index >= 15 is 0 Å². The van der Waals surface area contributed by atoms with Gasteiger partial charge in [0.15, 0.2) is 0 Å². The Morgan fingerprint density at radius 3 is 2.94 bits per heavy atom. The van der Waals surface area contributed by atoms with Crippen LogP contribution in [0.4, 0.5) is 0 Å². The molecule has 0 aliphatic carbocycles. The average molecular weight is 277 g/mol. The number of hydrogen-bond acceptors (Lipinski definition) is 3. The fraction of sp³-hybridized carbons (Fsp3) is 0.923. The van der Waals surface area contributed by atoms with Crippen LogP contribution in [0.3, 0.4) is 0 Å². The molecule has 18 heavy (non-hydrogen) atoms. The molecule has 106 valence electrons. The molecule has 0 aromatic heterocycles. The normalized spacial score (nSPS) is 28.7. The summed E-state index contributed by atoms with van der Waals surface area (Å²) in [4.78, 5) is 11.8. The summed E-state index contributed by atoms with van der Waals surface area (Å²) in [6.07, 6.45) is 5.31. The summed E-state index contributed by atoms with van der Waals surface area (Å²) in [7, 11) is 0. The fourth-order valence-electron chi connectivity index (χ4n) is 2.71. The van der Waals surface area contributed by atoms with Crippen molar-refractivity contribution in [3.8, 4) is 0 Å². The molecule has 0 bridgehead atoms. The summed E-state index contributed by atoms with van der Waals surface area (Å²) >= 11 is 0. The maximum atomic E-state index is 11.8. The maximum absolute atomic E-state index is 11.8. The van der Waals surface area contributed by atoms with Gasteiger partial charge in [-0.25, -0.2) is 0 Å². The molecule has 2 fully saturated rings. The van der Waals surface area contributed by atoms with Gasteiger partial charge in [0.05, 0.1) is 12.1 Å². The predicted molar refractivity (Wildman–Crippen MR) is 74.0 cm³/mol. The first-order chi connectivity index (χ1) is 8.25. The highest BCUT2D eigenvalue weighted by atomic mass is 35.5. The van der Waals surface area contributed by atoms with E-state index in [-0.39, 0.29) is 30.5 Å². The molecule has 2 N–H and O–H groups in total. The van der Waals surface area contributed by atoms with Crippen LogP contribution >= 0.6 is 12.4 Å². The van der Waals surface area contributed by atoms with Gasteiger partial charge in [-0.15, -0.1) is 12.4 Å². The molecular weight excluding hydrogens is 252 g/mol. The molecule has 0 spiro atoms. The average Bonchev–Trinajstić information content (AvgIpc) is 2.99. The minimum atomic E-state index is 0. The van der Waals surface area contributed by atoms with E-state index in [0.717, 1.165) is 39.0 Å². The molecule has 4 nitrogen and oxygen atoms in total. The summed E-state index contributed by atoms with van der Waals surface area (Å²) in [5.74, 6) is 0.874. The van der Waals surface area contributed by atoms with Crippen LogP contribution in [-0.4, -0.2) is 37.7 Å². The van der Waals surface area contributed by atoms with E-state index in [2.05, 4.69) is 10.6 Å². The number of nitrogens with one attached hydrogen (secondary N) is 2. The van der Waals surface area contributed by atoms with Gasteiger partial charge in [0.25, 0.3) is 0 Å². The molecule has 2 rings (SSSR count). The first-order valence-electron chi connectivity index (χ1n) is 6.87. The molecule has 0 aromatic rings. The van der Waals surface area contributed by atoms with E-state index in [1.165, 1.54) is 6.42 Å². The summed E-state index contributed by atoms with van der Waals surface area (Å²) in [6, 6.07) is 0.159. The minimum absolute atomic E-state index is 0. The Kier molecular flexibility index (Phi) is 6.97. The van der Waals surface area contributed by atoms with Crippen molar-refractivity contribution in [1.29, 1.82) is 0 Å². The number of amides is 1. The molecular formula is C13H25ClN2O2. The third kappa shape index (κ3) is 4.75. The molecule has 5 heteroatoms. The van der Waals surface area contributed by atoms with Gasteiger partial charge in [-0.3, -0.25) is 4.79 Å². The van der Waals surface area contributed by atoms with Gasteiger partial charge in [-0.05, 0) is 51.6 Å². The minimum Gasteiger partial charge on any atom is -0.376 e. The lowest BCUT2D eigenvalue weighted by Gasteiger charge is -2.20. The van der Waals surface area contributed by atoms with E-state index in [1.807, 2.05) is 6.92 Å². The van der Waals surface area contributed by atoms with Gasteiger partial charge in [-0.1, -0.05) is 0 Å².